The van der Waals surface area contributed by atoms with E-state index < -0.39 is 0 Å². The lowest BCUT2D eigenvalue weighted by atomic mass is 10.1. The van der Waals surface area contributed by atoms with Gasteiger partial charge in [0.2, 0.25) is 5.82 Å². The number of unbranched alkanes of at least 4 members (excludes halogenated alkanes) is 1. The molecule has 0 saturated carbocycles. The van der Waals surface area contributed by atoms with Gasteiger partial charge in [-0.05, 0) is 36.8 Å². The van der Waals surface area contributed by atoms with E-state index in [1.54, 1.807) is 4.79 Å². The number of hydrogen-bond acceptors (Lipinski definition) is 6. The van der Waals surface area contributed by atoms with Crippen molar-refractivity contribution in [3.63, 3.8) is 0 Å². The minimum atomic E-state index is 0.181. The molecule has 0 N–H and O–H groups in total. The van der Waals surface area contributed by atoms with Crippen molar-refractivity contribution >= 4 is 34.4 Å². The van der Waals surface area contributed by atoms with Gasteiger partial charge in [0.25, 0.3) is 0 Å². The summed E-state index contributed by atoms with van der Waals surface area (Å²) in [4.78, 5) is 13.4. The van der Waals surface area contributed by atoms with Gasteiger partial charge in [0.05, 0.1) is 23.2 Å². The Balaban J connectivity index is 1.70. The number of benzene rings is 2. The van der Waals surface area contributed by atoms with Gasteiger partial charge in [-0.2, -0.15) is 5.26 Å². The van der Waals surface area contributed by atoms with Gasteiger partial charge >= 0.3 is 0 Å². The SMILES string of the molecule is CCCCN(CCC#N)c1ccc(/N=C2/C(c3ccccc3Cl)=Nn3nc(C(C)C)nc32)cc1. The van der Waals surface area contributed by atoms with Gasteiger partial charge < -0.3 is 4.90 Å². The standard InChI is InChI=1S/C26H28ClN7/c1-4-5-16-33(17-8-15-28)20-13-11-19(12-14-20)29-24-23(21-9-6-7-10-22(21)27)31-34-26(24)30-25(32-34)18(2)3/h6-7,9-14,18H,4-5,8,16-17H2,1-3H3/b29-24-. The van der Waals surface area contributed by atoms with Crippen molar-refractivity contribution in [2.75, 3.05) is 18.0 Å². The van der Waals surface area contributed by atoms with E-state index in [9.17, 15) is 0 Å². The van der Waals surface area contributed by atoms with E-state index in [0.29, 0.717) is 28.7 Å². The number of hydrogen-bond donors (Lipinski definition) is 0. The van der Waals surface area contributed by atoms with E-state index in [2.05, 4.69) is 54.1 Å². The minimum Gasteiger partial charge on any atom is -0.371 e. The zero-order valence-electron chi connectivity index (χ0n) is 19.7. The van der Waals surface area contributed by atoms with E-state index >= 15 is 0 Å². The molecule has 1 aliphatic heterocycles. The van der Waals surface area contributed by atoms with E-state index in [1.165, 1.54) is 0 Å². The molecule has 0 atom stereocenters. The summed E-state index contributed by atoms with van der Waals surface area (Å²) in [5.74, 6) is 1.52. The second-order valence-electron chi connectivity index (χ2n) is 8.49. The number of aliphatic imine (C=N–C) groups is 1. The molecule has 174 valence electrons. The molecule has 0 saturated heterocycles. The number of nitrogens with zero attached hydrogens (tertiary/aromatic N) is 7. The fraction of sp³-hybridized carbons (Fsp3) is 0.346. The van der Waals surface area contributed by atoms with Crippen LogP contribution in [0.1, 0.15) is 63.2 Å². The molecule has 8 heteroatoms. The first-order chi connectivity index (χ1) is 16.5. The highest BCUT2D eigenvalue weighted by atomic mass is 35.5. The predicted molar refractivity (Wildman–Crippen MR) is 137 cm³/mol. The van der Waals surface area contributed by atoms with Crippen molar-refractivity contribution in [3.05, 3.63) is 70.8 Å². The molecule has 34 heavy (non-hydrogen) atoms. The highest BCUT2D eigenvalue weighted by Crippen LogP contribution is 2.27. The first kappa shape index (κ1) is 23.7. The summed E-state index contributed by atoms with van der Waals surface area (Å²) in [5.41, 5.74) is 3.97. The van der Waals surface area contributed by atoms with Crippen LogP contribution in [0.15, 0.2) is 58.6 Å². The van der Waals surface area contributed by atoms with Crippen molar-refractivity contribution in [1.82, 2.24) is 14.9 Å². The van der Waals surface area contributed by atoms with Crippen molar-refractivity contribution < 1.29 is 0 Å². The minimum absolute atomic E-state index is 0.181. The van der Waals surface area contributed by atoms with Crippen LogP contribution in [0.3, 0.4) is 0 Å². The maximum Gasteiger partial charge on any atom is 0.204 e. The lowest BCUT2D eigenvalue weighted by molar-refractivity contribution is 0.698. The Hall–Kier alpha value is -3.50. The molecule has 2 heterocycles. The van der Waals surface area contributed by atoms with Crippen molar-refractivity contribution in [2.45, 2.75) is 46.0 Å². The first-order valence-electron chi connectivity index (χ1n) is 11.6. The zero-order chi connectivity index (χ0) is 24.1. The molecule has 0 amide bonds. The monoisotopic (exact) mass is 473 g/mol. The Labute approximate surface area is 205 Å². The smallest absolute Gasteiger partial charge is 0.204 e. The maximum absolute atomic E-state index is 9.02. The molecule has 7 nitrogen and oxygen atoms in total. The second kappa shape index (κ2) is 10.6. The molecular formula is C26H28ClN7. The number of rotatable bonds is 9. The van der Waals surface area contributed by atoms with Gasteiger partial charge in [0.15, 0.2) is 5.82 Å². The van der Waals surface area contributed by atoms with Crippen molar-refractivity contribution in [1.29, 1.82) is 5.26 Å². The third-order valence-corrected chi connectivity index (χ3v) is 5.94. The van der Waals surface area contributed by atoms with E-state index in [-0.39, 0.29) is 5.92 Å². The number of halogens is 1. The van der Waals surface area contributed by atoms with E-state index in [0.717, 1.165) is 48.7 Å². The van der Waals surface area contributed by atoms with Gasteiger partial charge in [-0.25, -0.2) is 9.98 Å². The van der Waals surface area contributed by atoms with Crippen LogP contribution in [0.25, 0.3) is 0 Å². The Bertz CT molecular complexity index is 1250. The molecular weight excluding hydrogens is 446 g/mol. The summed E-state index contributed by atoms with van der Waals surface area (Å²) in [6.07, 6.45) is 2.69. The number of fused-ring (bicyclic) bond motifs is 1. The van der Waals surface area contributed by atoms with E-state index in [4.69, 9.17) is 26.8 Å². The van der Waals surface area contributed by atoms with Gasteiger partial charge in [0.1, 0.15) is 11.4 Å². The van der Waals surface area contributed by atoms with Gasteiger partial charge in [-0.3, -0.25) is 0 Å². The molecule has 0 radical (unpaired) electrons. The molecule has 0 spiro atoms. The highest BCUT2D eigenvalue weighted by molar-refractivity contribution is 6.56. The van der Waals surface area contributed by atoms with Crippen LogP contribution in [0.4, 0.5) is 11.4 Å². The maximum atomic E-state index is 9.02. The van der Waals surface area contributed by atoms with Gasteiger partial charge in [-0.1, -0.05) is 57.0 Å². The van der Waals surface area contributed by atoms with Crippen LogP contribution < -0.4 is 4.90 Å². The summed E-state index contributed by atoms with van der Waals surface area (Å²) in [6, 6.07) is 17.9. The normalized spacial score (nSPS) is 13.8. The summed E-state index contributed by atoms with van der Waals surface area (Å²) in [5, 5.41) is 18.8. The Morgan fingerprint density at radius 2 is 1.88 bits per heavy atom. The molecule has 4 rings (SSSR count). The fourth-order valence-corrected chi connectivity index (χ4v) is 3.96. The molecule has 0 unspecified atom stereocenters. The second-order valence-corrected chi connectivity index (χ2v) is 8.90. The molecule has 1 aromatic heterocycles. The molecule has 2 aromatic carbocycles. The molecule has 0 fully saturated rings. The topological polar surface area (TPSA) is 82.5 Å². The average Bonchev–Trinajstić information content (AvgIpc) is 3.40. The Kier molecular flexibility index (Phi) is 7.39. The predicted octanol–water partition coefficient (Wildman–Crippen LogP) is 5.96. The number of anilines is 1. The Morgan fingerprint density at radius 3 is 2.56 bits per heavy atom. The molecule has 1 aliphatic rings. The van der Waals surface area contributed by atoms with Crippen LogP contribution in [0.5, 0.6) is 0 Å². The molecule has 0 aliphatic carbocycles. The van der Waals surface area contributed by atoms with Crippen LogP contribution in [0, 0.1) is 11.3 Å². The van der Waals surface area contributed by atoms with Gasteiger partial charge in [0, 0.05) is 30.3 Å². The number of nitriles is 1. The van der Waals surface area contributed by atoms with Crippen LogP contribution >= 0.6 is 11.6 Å². The van der Waals surface area contributed by atoms with Crippen molar-refractivity contribution in [2.24, 2.45) is 10.1 Å². The summed E-state index contributed by atoms with van der Waals surface area (Å²) in [6.45, 7) is 7.92. The average molecular weight is 474 g/mol. The third kappa shape index (κ3) is 5.02. The number of aromatic nitrogens is 3. The fourth-order valence-electron chi connectivity index (χ4n) is 3.74. The van der Waals surface area contributed by atoms with Crippen molar-refractivity contribution in [3.8, 4) is 6.07 Å². The summed E-state index contributed by atoms with van der Waals surface area (Å²) < 4.78 is 0. The largest absolute Gasteiger partial charge is 0.371 e. The lowest BCUT2D eigenvalue weighted by Crippen LogP contribution is -2.25. The quantitative estimate of drug-likeness (QED) is 0.383. The summed E-state index contributed by atoms with van der Waals surface area (Å²) in [7, 11) is 0. The van der Waals surface area contributed by atoms with Crippen LogP contribution in [0.2, 0.25) is 5.02 Å². The van der Waals surface area contributed by atoms with E-state index in [1.807, 2.05) is 36.4 Å². The highest BCUT2D eigenvalue weighted by Gasteiger charge is 2.30. The summed E-state index contributed by atoms with van der Waals surface area (Å²) >= 11 is 6.49. The zero-order valence-corrected chi connectivity index (χ0v) is 20.5. The molecule has 0 bridgehead atoms. The van der Waals surface area contributed by atoms with Crippen LogP contribution in [-0.4, -0.2) is 39.4 Å². The third-order valence-electron chi connectivity index (χ3n) is 5.61. The molecule has 3 aromatic rings. The Morgan fingerprint density at radius 1 is 1.12 bits per heavy atom. The van der Waals surface area contributed by atoms with Crippen LogP contribution in [-0.2, 0) is 0 Å². The first-order valence-corrected chi connectivity index (χ1v) is 12.0. The lowest BCUT2D eigenvalue weighted by Gasteiger charge is -2.23. The van der Waals surface area contributed by atoms with Gasteiger partial charge in [-0.15, -0.1) is 15.0 Å².